The van der Waals surface area contributed by atoms with Crippen LogP contribution in [0.3, 0.4) is 0 Å². The van der Waals surface area contributed by atoms with Gasteiger partial charge in [-0.25, -0.2) is 19.4 Å². The summed E-state index contributed by atoms with van der Waals surface area (Å²) in [5, 5.41) is 12.3. The van der Waals surface area contributed by atoms with E-state index in [0.717, 1.165) is 29.6 Å². The second-order valence-electron chi connectivity index (χ2n) is 10.2. The summed E-state index contributed by atoms with van der Waals surface area (Å²) in [5.74, 6) is 0.567. The van der Waals surface area contributed by atoms with Crippen LogP contribution in [0.5, 0.6) is 0 Å². The molecular formula is C26H29ClN8O2. The molecule has 0 unspecified atom stereocenters. The van der Waals surface area contributed by atoms with E-state index in [4.69, 9.17) is 21.3 Å². The van der Waals surface area contributed by atoms with Crippen LogP contribution in [0.1, 0.15) is 45.0 Å². The van der Waals surface area contributed by atoms with Crippen molar-refractivity contribution in [3.8, 4) is 17.2 Å². The van der Waals surface area contributed by atoms with Crippen LogP contribution in [0.25, 0.3) is 28.1 Å². The Morgan fingerprint density at radius 1 is 1.16 bits per heavy atom. The van der Waals surface area contributed by atoms with Gasteiger partial charge in [-0.05, 0) is 65.3 Å². The van der Waals surface area contributed by atoms with E-state index in [9.17, 15) is 4.79 Å². The van der Waals surface area contributed by atoms with E-state index >= 15 is 0 Å². The van der Waals surface area contributed by atoms with Gasteiger partial charge in [0.15, 0.2) is 5.82 Å². The molecule has 1 fully saturated rings. The third-order valence-electron chi connectivity index (χ3n) is 6.10. The van der Waals surface area contributed by atoms with E-state index in [0.29, 0.717) is 40.9 Å². The standard InChI is InChI=1S/C26H29ClN8O2/c1-16-11-29-14-20(32-16)19-10-21-17(12-30-19)13-31-35(21)22-7-6-18(27)23(33-22)26(8-5-9-28-15-26)34-24(36)37-25(2,3)4/h6-7,10-14,28H,5,8-9,15H2,1-4H3,(H,34,36)/t26-/m0/s1. The molecule has 0 radical (unpaired) electrons. The van der Waals surface area contributed by atoms with Crippen LogP contribution in [0, 0.1) is 6.92 Å². The number of halogens is 1. The SMILES string of the molecule is Cc1cncc(-c2cc3c(cn2)cnn3-c2ccc(Cl)c([C@]3(NC(=O)OC(C)(C)C)CCCNC3)n2)n1. The molecule has 1 atom stereocenters. The number of amides is 1. The number of piperidine rings is 1. The Morgan fingerprint density at radius 3 is 2.73 bits per heavy atom. The first kappa shape index (κ1) is 25.0. The van der Waals surface area contributed by atoms with Crippen molar-refractivity contribution in [1.82, 2.24) is 40.3 Å². The molecule has 5 heterocycles. The molecule has 0 aromatic carbocycles. The van der Waals surface area contributed by atoms with Gasteiger partial charge >= 0.3 is 6.09 Å². The van der Waals surface area contributed by atoms with Crippen molar-refractivity contribution in [2.75, 3.05) is 13.1 Å². The van der Waals surface area contributed by atoms with Gasteiger partial charge in [-0.15, -0.1) is 0 Å². The summed E-state index contributed by atoms with van der Waals surface area (Å²) in [5.41, 5.74) is 2.07. The molecule has 192 valence electrons. The third kappa shape index (κ3) is 5.26. The van der Waals surface area contributed by atoms with Gasteiger partial charge in [0.25, 0.3) is 0 Å². The van der Waals surface area contributed by atoms with E-state index in [2.05, 4.69) is 30.7 Å². The number of carbonyl (C=O) groups excluding carboxylic acids is 1. The lowest BCUT2D eigenvalue weighted by molar-refractivity contribution is 0.0427. The summed E-state index contributed by atoms with van der Waals surface area (Å²) in [7, 11) is 0. The maximum absolute atomic E-state index is 12.8. The van der Waals surface area contributed by atoms with Crippen molar-refractivity contribution in [2.24, 2.45) is 0 Å². The van der Waals surface area contributed by atoms with Gasteiger partial charge in [-0.2, -0.15) is 5.10 Å². The first-order chi connectivity index (χ1) is 17.6. The summed E-state index contributed by atoms with van der Waals surface area (Å²) in [6.07, 6.45) is 7.87. The van der Waals surface area contributed by atoms with Gasteiger partial charge in [0, 0.05) is 24.3 Å². The minimum absolute atomic E-state index is 0.456. The summed E-state index contributed by atoms with van der Waals surface area (Å²) < 4.78 is 7.30. The number of hydrogen-bond acceptors (Lipinski definition) is 8. The Bertz CT molecular complexity index is 1460. The van der Waals surface area contributed by atoms with Gasteiger partial charge < -0.3 is 15.4 Å². The quantitative estimate of drug-likeness (QED) is 0.408. The van der Waals surface area contributed by atoms with Crippen LogP contribution in [-0.4, -0.2) is 54.5 Å². The molecule has 4 aromatic rings. The first-order valence-electron chi connectivity index (χ1n) is 12.2. The zero-order valence-electron chi connectivity index (χ0n) is 21.2. The molecule has 2 N–H and O–H groups in total. The van der Waals surface area contributed by atoms with Crippen molar-refractivity contribution in [1.29, 1.82) is 0 Å². The molecule has 37 heavy (non-hydrogen) atoms. The molecule has 1 aliphatic rings. The smallest absolute Gasteiger partial charge is 0.408 e. The Morgan fingerprint density at radius 2 is 2.00 bits per heavy atom. The van der Waals surface area contributed by atoms with Crippen LogP contribution in [0.2, 0.25) is 5.02 Å². The Kier molecular flexibility index (Phi) is 6.55. The second kappa shape index (κ2) is 9.68. The van der Waals surface area contributed by atoms with Gasteiger partial charge in [0.1, 0.15) is 11.3 Å². The lowest BCUT2D eigenvalue weighted by Crippen LogP contribution is -2.56. The zero-order valence-corrected chi connectivity index (χ0v) is 22.0. The van der Waals surface area contributed by atoms with Gasteiger partial charge in [0.2, 0.25) is 0 Å². The van der Waals surface area contributed by atoms with Crippen LogP contribution in [0.4, 0.5) is 4.79 Å². The Balaban J connectivity index is 1.57. The lowest BCUT2D eigenvalue weighted by Gasteiger charge is -2.38. The molecular weight excluding hydrogens is 492 g/mol. The largest absolute Gasteiger partial charge is 0.444 e. The Labute approximate surface area is 219 Å². The first-order valence-corrected chi connectivity index (χ1v) is 12.5. The number of aryl methyl sites for hydroxylation is 1. The fourth-order valence-corrected chi connectivity index (χ4v) is 4.77. The van der Waals surface area contributed by atoms with E-state index in [1.54, 1.807) is 35.5 Å². The molecule has 1 aliphatic heterocycles. The van der Waals surface area contributed by atoms with Gasteiger partial charge in [-0.1, -0.05) is 11.6 Å². The predicted octanol–water partition coefficient (Wildman–Crippen LogP) is 4.34. The number of aromatic nitrogens is 6. The van der Waals surface area contributed by atoms with E-state index in [1.165, 1.54) is 0 Å². The molecule has 11 heteroatoms. The number of carbonyl (C=O) groups is 1. The van der Waals surface area contributed by atoms with Gasteiger partial charge in [-0.3, -0.25) is 9.97 Å². The highest BCUT2D eigenvalue weighted by Gasteiger charge is 2.40. The highest BCUT2D eigenvalue weighted by atomic mass is 35.5. The highest BCUT2D eigenvalue weighted by Crippen LogP contribution is 2.34. The van der Waals surface area contributed by atoms with E-state index in [-0.39, 0.29) is 0 Å². The molecule has 0 spiro atoms. The maximum atomic E-state index is 12.8. The number of nitrogens with zero attached hydrogens (tertiary/aromatic N) is 6. The van der Waals surface area contributed by atoms with Crippen molar-refractivity contribution in [3.05, 3.63) is 59.4 Å². The number of ether oxygens (including phenoxy) is 1. The molecule has 1 saturated heterocycles. The van der Waals surface area contributed by atoms with Crippen molar-refractivity contribution < 1.29 is 9.53 Å². The van der Waals surface area contributed by atoms with Crippen LogP contribution in [-0.2, 0) is 10.3 Å². The molecule has 4 aromatic heterocycles. The topological polar surface area (TPSA) is 120 Å². The molecule has 1 amide bonds. The van der Waals surface area contributed by atoms with Crippen molar-refractivity contribution in [2.45, 2.75) is 51.7 Å². The maximum Gasteiger partial charge on any atom is 0.408 e. The van der Waals surface area contributed by atoms with E-state index < -0.39 is 17.2 Å². The summed E-state index contributed by atoms with van der Waals surface area (Å²) >= 11 is 6.70. The third-order valence-corrected chi connectivity index (χ3v) is 6.40. The van der Waals surface area contributed by atoms with E-state index in [1.807, 2.05) is 39.8 Å². The minimum Gasteiger partial charge on any atom is -0.444 e. The number of rotatable bonds is 4. The minimum atomic E-state index is -0.833. The molecule has 0 saturated carbocycles. The number of nitrogens with one attached hydrogen (secondary N) is 2. The zero-order chi connectivity index (χ0) is 26.2. The fraction of sp³-hybridized carbons (Fsp3) is 0.385. The molecule has 10 nitrogen and oxygen atoms in total. The van der Waals surface area contributed by atoms with Crippen molar-refractivity contribution in [3.63, 3.8) is 0 Å². The lowest BCUT2D eigenvalue weighted by atomic mass is 9.86. The van der Waals surface area contributed by atoms with Crippen LogP contribution >= 0.6 is 11.6 Å². The average Bonchev–Trinajstić information content (AvgIpc) is 3.27. The Hall–Kier alpha value is -3.63. The predicted molar refractivity (Wildman–Crippen MR) is 141 cm³/mol. The molecule has 0 bridgehead atoms. The second-order valence-corrected chi connectivity index (χ2v) is 10.6. The number of hydrogen-bond donors (Lipinski definition) is 2. The van der Waals surface area contributed by atoms with Crippen molar-refractivity contribution >= 4 is 28.6 Å². The molecule has 5 rings (SSSR count). The number of pyridine rings is 2. The molecule has 0 aliphatic carbocycles. The number of fused-ring (bicyclic) bond motifs is 1. The highest BCUT2D eigenvalue weighted by molar-refractivity contribution is 6.31. The van der Waals surface area contributed by atoms with Crippen LogP contribution < -0.4 is 10.6 Å². The van der Waals surface area contributed by atoms with Gasteiger partial charge in [0.05, 0.1) is 45.6 Å². The summed E-state index contributed by atoms with van der Waals surface area (Å²) in [4.78, 5) is 31.1. The fourth-order valence-electron chi connectivity index (χ4n) is 4.49. The monoisotopic (exact) mass is 520 g/mol. The summed E-state index contributed by atoms with van der Waals surface area (Å²) in [6.45, 7) is 8.70. The summed E-state index contributed by atoms with van der Waals surface area (Å²) in [6, 6.07) is 5.51. The number of alkyl carbamates (subject to hydrolysis) is 1. The average molecular weight is 521 g/mol. The normalized spacial score (nSPS) is 18.1. The van der Waals surface area contributed by atoms with Crippen LogP contribution in [0.15, 0.2) is 43.0 Å².